The second kappa shape index (κ2) is 3.93. The van der Waals surface area contributed by atoms with Crippen LogP contribution in [0.3, 0.4) is 0 Å². The highest BCUT2D eigenvalue weighted by Gasteiger charge is 2.20. The average Bonchev–Trinajstić information content (AvgIpc) is 2.04. The number of nitrogens with one attached hydrogen (secondary N) is 1. The van der Waals surface area contributed by atoms with Gasteiger partial charge >= 0.3 is 0 Å². The summed E-state index contributed by atoms with van der Waals surface area (Å²) in [6, 6.07) is 10.6. The van der Waals surface area contributed by atoms with E-state index >= 15 is 0 Å². The van der Waals surface area contributed by atoms with Crippen molar-refractivity contribution in [3.05, 3.63) is 35.9 Å². The lowest BCUT2D eigenvalue weighted by molar-refractivity contribution is -0.941. The minimum absolute atomic E-state index is 0.329. The van der Waals surface area contributed by atoms with Gasteiger partial charge in [0.25, 0.3) is 0 Å². The summed E-state index contributed by atoms with van der Waals surface area (Å²) in [5.74, 6) is 0. The van der Waals surface area contributed by atoms with Gasteiger partial charge in [-0.2, -0.15) is 0 Å². The van der Waals surface area contributed by atoms with Gasteiger partial charge < -0.3 is 4.90 Å². The van der Waals surface area contributed by atoms with Gasteiger partial charge in [0.2, 0.25) is 0 Å². The van der Waals surface area contributed by atoms with Crippen LogP contribution in [0.1, 0.15) is 26.3 Å². The van der Waals surface area contributed by atoms with E-state index in [-0.39, 0.29) is 0 Å². The van der Waals surface area contributed by atoms with E-state index in [1.54, 1.807) is 4.90 Å². The summed E-state index contributed by atoms with van der Waals surface area (Å²) in [6.07, 6.45) is 0. The zero-order valence-corrected chi connectivity index (χ0v) is 9.09. The summed E-state index contributed by atoms with van der Waals surface area (Å²) in [7, 11) is 2.24. The Bertz CT molecular complexity index is 246. The van der Waals surface area contributed by atoms with Gasteiger partial charge in [-0.1, -0.05) is 30.3 Å². The summed E-state index contributed by atoms with van der Waals surface area (Å²) in [6.45, 7) is 7.91. The average molecular weight is 178 g/mol. The highest BCUT2D eigenvalue weighted by molar-refractivity contribution is 5.13. The van der Waals surface area contributed by atoms with Crippen LogP contribution < -0.4 is 4.90 Å². The minimum atomic E-state index is 0.329. The quantitative estimate of drug-likeness (QED) is 0.700. The maximum Gasteiger partial charge on any atom is 0.103 e. The molecule has 0 fully saturated rings. The maximum absolute atomic E-state index is 2.27. The molecule has 1 nitrogen and oxygen atoms in total. The van der Waals surface area contributed by atoms with E-state index in [1.807, 2.05) is 0 Å². The molecule has 0 aromatic heterocycles. The van der Waals surface area contributed by atoms with Gasteiger partial charge in [0.05, 0.1) is 12.6 Å². The Balaban J connectivity index is 2.61. The Morgan fingerprint density at radius 1 is 1.08 bits per heavy atom. The summed E-state index contributed by atoms with van der Waals surface area (Å²) >= 11 is 0. The SMILES string of the molecule is C[NH+](Cc1ccccc1)C(C)(C)C. The first-order valence-electron chi connectivity index (χ1n) is 4.87. The Labute approximate surface area is 81.4 Å². The third kappa shape index (κ3) is 3.19. The van der Waals surface area contributed by atoms with Crippen molar-refractivity contribution in [1.29, 1.82) is 0 Å². The fourth-order valence-corrected chi connectivity index (χ4v) is 1.17. The Hall–Kier alpha value is -0.820. The molecule has 13 heavy (non-hydrogen) atoms. The van der Waals surface area contributed by atoms with Crippen LogP contribution in [0.4, 0.5) is 0 Å². The molecule has 0 saturated carbocycles. The molecule has 0 aliphatic rings. The van der Waals surface area contributed by atoms with Crippen molar-refractivity contribution in [2.45, 2.75) is 32.9 Å². The monoisotopic (exact) mass is 178 g/mol. The largest absolute Gasteiger partial charge is 0.329 e. The molecule has 0 heterocycles. The van der Waals surface area contributed by atoms with Crippen LogP contribution in [0, 0.1) is 0 Å². The van der Waals surface area contributed by atoms with E-state index in [0.717, 1.165) is 6.54 Å². The number of quaternary nitrogens is 1. The molecule has 1 N–H and O–H groups in total. The lowest BCUT2D eigenvalue weighted by Crippen LogP contribution is -3.15. The van der Waals surface area contributed by atoms with Crippen LogP contribution in [0.15, 0.2) is 30.3 Å². The summed E-state index contributed by atoms with van der Waals surface area (Å²) in [5, 5.41) is 0. The minimum Gasteiger partial charge on any atom is -0.329 e. The third-order valence-electron chi connectivity index (χ3n) is 2.59. The van der Waals surface area contributed by atoms with Crippen molar-refractivity contribution in [2.24, 2.45) is 0 Å². The third-order valence-corrected chi connectivity index (χ3v) is 2.59. The molecular formula is C12H20N+. The van der Waals surface area contributed by atoms with Crippen LogP contribution in [-0.4, -0.2) is 12.6 Å². The molecule has 1 heteroatoms. The fourth-order valence-electron chi connectivity index (χ4n) is 1.17. The van der Waals surface area contributed by atoms with Gasteiger partial charge in [-0.05, 0) is 20.8 Å². The van der Waals surface area contributed by atoms with Gasteiger partial charge in [0.1, 0.15) is 6.54 Å². The van der Waals surface area contributed by atoms with Crippen LogP contribution >= 0.6 is 0 Å². The molecule has 0 spiro atoms. The zero-order chi connectivity index (χ0) is 9.90. The molecule has 0 aliphatic carbocycles. The van der Waals surface area contributed by atoms with Gasteiger partial charge in [-0.25, -0.2) is 0 Å². The maximum atomic E-state index is 2.27. The normalized spacial score (nSPS) is 14.2. The number of hydrogen-bond donors (Lipinski definition) is 1. The molecule has 1 aromatic rings. The Morgan fingerprint density at radius 3 is 2.08 bits per heavy atom. The molecule has 72 valence electrons. The van der Waals surface area contributed by atoms with Crippen LogP contribution in [0.2, 0.25) is 0 Å². The number of hydrogen-bond acceptors (Lipinski definition) is 0. The molecule has 0 radical (unpaired) electrons. The first-order chi connectivity index (χ1) is 6.00. The Kier molecular flexibility index (Phi) is 3.10. The predicted octanol–water partition coefficient (Wildman–Crippen LogP) is 1.50. The topological polar surface area (TPSA) is 4.44 Å². The van der Waals surface area contributed by atoms with E-state index in [4.69, 9.17) is 0 Å². The first kappa shape index (κ1) is 10.3. The molecule has 1 rings (SSSR count). The molecule has 1 unspecified atom stereocenters. The van der Waals surface area contributed by atoms with Crippen molar-refractivity contribution < 1.29 is 4.90 Å². The summed E-state index contributed by atoms with van der Waals surface area (Å²) in [5.41, 5.74) is 1.74. The molecule has 1 atom stereocenters. The molecule has 0 saturated heterocycles. The van der Waals surface area contributed by atoms with Crippen molar-refractivity contribution in [3.63, 3.8) is 0 Å². The highest BCUT2D eigenvalue weighted by Crippen LogP contribution is 1.98. The van der Waals surface area contributed by atoms with Crippen molar-refractivity contribution >= 4 is 0 Å². The highest BCUT2D eigenvalue weighted by atomic mass is 15.1. The molecule has 0 amide bonds. The molecular weight excluding hydrogens is 158 g/mol. The van der Waals surface area contributed by atoms with E-state index < -0.39 is 0 Å². The van der Waals surface area contributed by atoms with Gasteiger partial charge in [0, 0.05) is 5.56 Å². The number of benzene rings is 1. The van der Waals surface area contributed by atoms with E-state index in [2.05, 4.69) is 58.2 Å². The van der Waals surface area contributed by atoms with Crippen molar-refractivity contribution in [3.8, 4) is 0 Å². The van der Waals surface area contributed by atoms with Gasteiger partial charge in [-0.3, -0.25) is 0 Å². The second-order valence-corrected chi connectivity index (χ2v) is 4.69. The lowest BCUT2D eigenvalue weighted by atomic mass is 10.1. The Morgan fingerprint density at radius 2 is 1.62 bits per heavy atom. The van der Waals surface area contributed by atoms with Crippen LogP contribution in [0.25, 0.3) is 0 Å². The molecule has 0 aliphatic heterocycles. The van der Waals surface area contributed by atoms with E-state index in [9.17, 15) is 0 Å². The lowest BCUT2D eigenvalue weighted by Gasteiger charge is -2.28. The van der Waals surface area contributed by atoms with Gasteiger partial charge in [-0.15, -0.1) is 0 Å². The van der Waals surface area contributed by atoms with Crippen LogP contribution in [0.5, 0.6) is 0 Å². The first-order valence-corrected chi connectivity index (χ1v) is 4.87. The van der Waals surface area contributed by atoms with Gasteiger partial charge in [0.15, 0.2) is 0 Å². The summed E-state index contributed by atoms with van der Waals surface area (Å²) in [4.78, 5) is 1.54. The standard InChI is InChI=1S/C12H19N/c1-12(2,3)13(4)10-11-8-6-5-7-9-11/h5-9H,10H2,1-4H3/p+1. The number of rotatable bonds is 2. The smallest absolute Gasteiger partial charge is 0.103 e. The molecule has 0 bridgehead atoms. The van der Waals surface area contributed by atoms with E-state index in [1.165, 1.54) is 5.56 Å². The van der Waals surface area contributed by atoms with E-state index in [0.29, 0.717) is 5.54 Å². The fraction of sp³-hybridized carbons (Fsp3) is 0.500. The summed E-state index contributed by atoms with van der Waals surface area (Å²) < 4.78 is 0. The van der Waals surface area contributed by atoms with Crippen molar-refractivity contribution in [1.82, 2.24) is 0 Å². The van der Waals surface area contributed by atoms with Crippen LogP contribution in [-0.2, 0) is 6.54 Å². The predicted molar refractivity (Wildman–Crippen MR) is 56.8 cm³/mol. The second-order valence-electron chi connectivity index (χ2n) is 4.69. The zero-order valence-electron chi connectivity index (χ0n) is 9.09. The van der Waals surface area contributed by atoms with Crippen molar-refractivity contribution in [2.75, 3.05) is 7.05 Å². The molecule has 1 aromatic carbocycles.